The van der Waals surface area contributed by atoms with Crippen molar-refractivity contribution in [2.75, 3.05) is 49.8 Å². The van der Waals surface area contributed by atoms with Gasteiger partial charge in [0, 0.05) is 49.6 Å². The van der Waals surface area contributed by atoms with Crippen LogP contribution < -0.4 is 10.2 Å². The Balaban J connectivity index is 1.73. The lowest BCUT2D eigenvalue weighted by molar-refractivity contribution is 0.175. The molecule has 1 heterocycles. The number of anilines is 2. The minimum absolute atomic E-state index is 0.641. The second-order valence-corrected chi connectivity index (χ2v) is 8.90. The highest BCUT2D eigenvalue weighted by Crippen LogP contribution is 2.28. The average Bonchev–Trinajstić information content (AvgIpc) is 2.77. The van der Waals surface area contributed by atoms with Crippen LogP contribution in [0.25, 0.3) is 0 Å². The molecule has 0 bridgehead atoms. The topological polar surface area (TPSA) is 27.7 Å². The van der Waals surface area contributed by atoms with E-state index in [0.717, 1.165) is 36.9 Å². The summed E-state index contributed by atoms with van der Waals surface area (Å²) in [4.78, 5) is 5.94. The van der Waals surface area contributed by atoms with Crippen LogP contribution in [0.1, 0.15) is 30.9 Å². The van der Waals surface area contributed by atoms with Crippen LogP contribution >= 0.6 is 24.0 Å². The molecule has 4 nitrogen and oxygen atoms in total. The van der Waals surface area contributed by atoms with Gasteiger partial charge < -0.3 is 19.9 Å². The molecular weight excluding hydrogens is 410 g/mol. The molecule has 0 atom stereocenters. The normalized spacial score (nSPS) is 13.1. The summed E-state index contributed by atoms with van der Waals surface area (Å²) in [6, 6.07) is 15.3. The first kappa shape index (κ1) is 22.9. The number of rotatable bonds is 9. The molecule has 1 N–H and O–H groups in total. The molecular formula is C24H33N3OS2. The third kappa shape index (κ3) is 6.13. The predicted octanol–water partition coefficient (Wildman–Crippen LogP) is 5.42. The quantitative estimate of drug-likeness (QED) is 0.411. The van der Waals surface area contributed by atoms with E-state index in [0.29, 0.717) is 6.61 Å². The molecule has 2 aromatic rings. The minimum Gasteiger partial charge on any atom is -0.383 e. The Hall–Kier alpha value is -1.76. The van der Waals surface area contributed by atoms with Crippen molar-refractivity contribution >= 4 is 40.5 Å². The van der Waals surface area contributed by atoms with Crippen molar-refractivity contribution in [2.24, 2.45) is 0 Å². The van der Waals surface area contributed by atoms with E-state index >= 15 is 0 Å². The van der Waals surface area contributed by atoms with Crippen LogP contribution in [0.15, 0.2) is 47.4 Å². The van der Waals surface area contributed by atoms with E-state index in [-0.39, 0.29) is 0 Å². The number of benzene rings is 2. The molecule has 30 heavy (non-hydrogen) atoms. The van der Waals surface area contributed by atoms with Crippen molar-refractivity contribution in [2.45, 2.75) is 37.6 Å². The molecule has 0 amide bonds. The van der Waals surface area contributed by atoms with Crippen LogP contribution in [0.3, 0.4) is 0 Å². The Morgan fingerprint density at radius 3 is 2.90 bits per heavy atom. The Labute approximate surface area is 191 Å². The number of aryl methyl sites for hydroxylation is 1. The van der Waals surface area contributed by atoms with Crippen LogP contribution in [0.5, 0.6) is 0 Å². The lowest BCUT2D eigenvalue weighted by atomic mass is 9.99. The molecule has 162 valence electrons. The van der Waals surface area contributed by atoms with Crippen molar-refractivity contribution in [3.8, 4) is 0 Å². The zero-order chi connectivity index (χ0) is 21.3. The highest BCUT2D eigenvalue weighted by Gasteiger charge is 2.18. The smallest absolute Gasteiger partial charge is 0.173 e. The minimum atomic E-state index is 0.641. The molecule has 0 unspecified atom stereocenters. The van der Waals surface area contributed by atoms with Gasteiger partial charge in [0.25, 0.3) is 0 Å². The molecule has 3 rings (SSSR count). The third-order valence-corrected chi connectivity index (χ3v) is 6.48. The van der Waals surface area contributed by atoms with E-state index in [9.17, 15) is 0 Å². The van der Waals surface area contributed by atoms with E-state index in [2.05, 4.69) is 70.8 Å². The van der Waals surface area contributed by atoms with E-state index in [4.69, 9.17) is 17.0 Å². The largest absolute Gasteiger partial charge is 0.383 e. The summed E-state index contributed by atoms with van der Waals surface area (Å²) in [7, 11) is 1.73. The van der Waals surface area contributed by atoms with Gasteiger partial charge in [-0.05, 0) is 73.1 Å². The van der Waals surface area contributed by atoms with E-state index < -0.39 is 0 Å². The van der Waals surface area contributed by atoms with Crippen molar-refractivity contribution in [3.05, 3.63) is 53.6 Å². The summed E-state index contributed by atoms with van der Waals surface area (Å²) in [5.41, 5.74) is 5.19. The van der Waals surface area contributed by atoms with Gasteiger partial charge in [-0.15, -0.1) is 11.8 Å². The number of fused-ring (bicyclic) bond motifs is 1. The Morgan fingerprint density at radius 2 is 2.13 bits per heavy atom. The lowest BCUT2D eigenvalue weighted by Gasteiger charge is -2.32. The molecule has 1 aliphatic rings. The highest BCUT2D eigenvalue weighted by atomic mass is 32.2. The molecule has 0 aliphatic carbocycles. The summed E-state index contributed by atoms with van der Waals surface area (Å²) in [6.45, 7) is 6.72. The first-order valence-electron chi connectivity index (χ1n) is 10.7. The summed E-state index contributed by atoms with van der Waals surface area (Å²) in [6.07, 6.45) is 5.66. The zero-order valence-corrected chi connectivity index (χ0v) is 20.0. The van der Waals surface area contributed by atoms with Crippen LogP contribution in [-0.2, 0) is 17.7 Å². The van der Waals surface area contributed by atoms with E-state index in [1.54, 1.807) is 18.9 Å². The Bertz CT molecular complexity index is 843. The van der Waals surface area contributed by atoms with E-state index in [1.165, 1.54) is 41.1 Å². The second kappa shape index (κ2) is 11.6. The SMILES string of the molecule is CCCN1CCCc2cc(CN(CCOC)C(=S)Nc3cccc(SC)c3)ccc21. The summed E-state index contributed by atoms with van der Waals surface area (Å²) in [5, 5.41) is 4.14. The molecule has 0 fully saturated rings. The molecule has 0 aromatic heterocycles. The standard InChI is InChI=1S/C24H33N3OS2/c1-4-12-26-13-6-7-20-16-19(10-11-23(20)26)18-27(14-15-28-2)24(29)25-21-8-5-9-22(17-21)30-3/h5,8-11,16-17H,4,6-7,12-15,18H2,1-3H3,(H,25,29). The van der Waals surface area contributed by atoms with Crippen LogP contribution in [-0.4, -0.2) is 49.6 Å². The molecule has 0 saturated heterocycles. The van der Waals surface area contributed by atoms with Gasteiger partial charge in [-0.2, -0.15) is 0 Å². The monoisotopic (exact) mass is 443 g/mol. The average molecular weight is 444 g/mol. The number of thioether (sulfide) groups is 1. The molecule has 0 saturated carbocycles. The molecule has 2 aromatic carbocycles. The fraction of sp³-hybridized carbons (Fsp3) is 0.458. The second-order valence-electron chi connectivity index (χ2n) is 7.63. The highest BCUT2D eigenvalue weighted by molar-refractivity contribution is 7.98. The molecule has 0 spiro atoms. The number of hydrogen-bond donors (Lipinski definition) is 1. The maximum absolute atomic E-state index is 5.77. The van der Waals surface area contributed by atoms with Gasteiger partial charge in [0.05, 0.1) is 6.61 Å². The van der Waals surface area contributed by atoms with Crippen molar-refractivity contribution in [1.82, 2.24) is 4.90 Å². The first-order valence-corrected chi connectivity index (χ1v) is 12.3. The Morgan fingerprint density at radius 1 is 1.27 bits per heavy atom. The number of thiocarbonyl (C=S) groups is 1. The van der Waals surface area contributed by atoms with Gasteiger partial charge in [-0.3, -0.25) is 0 Å². The number of ether oxygens (including phenoxy) is 1. The third-order valence-electron chi connectivity index (χ3n) is 5.40. The van der Waals surface area contributed by atoms with Crippen molar-refractivity contribution in [1.29, 1.82) is 0 Å². The Kier molecular flexibility index (Phi) is 8.85. The number of methoxy groups -OCH3 is 1. The maximum Gasteiger partial charge on any atom is 0.173 e. The van der Waals surface area contributed by atoms with Gasteiger partial charge in [-0.1, -0.05) is 25.1 Å². The predicted molar refractivity (Wildman–Crippen MR) is 134 cm³/mol. The van der Waals surface area contributed by atoms with Gasteiger partial charge in [0.2, 0.25) is 0 Å². The summed E-state index contributed by atoms with van der Waals surface area (Å²) < 4.78 is 5.34. The maximum atomic E-state index is 5.77. The lowest BCUT2D eigenvalue weighted by Crippen LogP contribution is -2.36. The van der Waals surface area contributed by atoms with Crippen molar-refractivity contribution in [3.63, 3.8) is 0 Å². The fourth-order valence-corrected chi connectivity index (χ4v) is 4.64. The molecule has 1 aliphatic heterocycles. The van der Waals surface area contributed by atoms with Gasteiger partial charge >= 0.3 is 0 Å². The summed E-state index contributed by atoms with van der Waals surface area (Å²) >= 11 is 7.50. The van der Waals surface area contributed by atoms with Gasteiger partial charge in [0.15, 0.2) is 5.11 Å². The van der Waals surface area contributed by atoms with Gasteiger partial charge in [0.1, 0.15) is 0 Å². The van der Waals surface area contributed by atoms with Crippen LogP contribution in [0, 0.1) is 0 Å². The van der Waals surface area contributed by atoms with Crippen LogP contribution in [0.2, 0.25) is 0 Å². The molecule has 6 heteroatoms. The van der Waals surface area contributed by atoms with Crippen LogP contribution in [0.4, 0.5) is 11.4 Å². The number of nitrogens with one attached hydrogen (secondary N) is 1. The molecule has 0 radical (unpaired) electrons. The van der Waals surface area contributed by atoms with Crippen molar-refractivity contribution < 1.29 is 4.74 Å². The van der Waals surface area contributed by atoms with E-state index in [1.807, 2.05) is 0 Å². The zero-order valence-electron chi connectivity index (χ0n) is 18.3. The number of hydrogen-bond acceptors (Lipinski definition) is 4. The van der Waals surface area contributed by atoms with Gasteiger partial charge in [-0.25, -0.2) is 0 Å². The first-order chi connectivity index (χ1) is 14.6. The summed E-state index contributed by atoms with van der Waals surface area (Å²) in [5.74, 6) is 0. The fourth-order valence-electron chi connectivity index (χ4n) is 3.91. The number of nitrogens with zero attached hydrogens (tertiary/aromatic N) is 2.